The first-order chi connectivity index (χ1) is 59.4. The Morgan fingerprint density at radius 3 is 1.57 bits per heavy atom. The van der Waals surface area contributed by atoms with Crippen LogP contribution < -0.4 is 31.5 Å². The number of carbonyl (C=O) groups excluding carboxylic acids is 14. The van der Waals surface area contributed by atoms with E-state index in [0.29, 0.717) is 0 Å². The third-order valence-corrected chi connectivity index (χ3v) is 24.5. The highest BCUT2D eigenvalue weighted by molar-refractivity contribution is 6.34. The van der Waals surface area contributed by atoms with Crippen LogP contribution in [0.3, 0.4) is 0 Å². The maximum atomic E-state index is 16.9. The van der Waals surface area contributed by atoms with Gasteiger partial charge in [0, 0.05) is 132 Å². The lowest BCUT2D eigenvalue weighted by molar-refractivity contribution is -0.157. The normalized spacial score (nSPS) is 23.3. The number of benzene rings is 2. The second-order valence-electron chi connectivity index (χ2n) is 36.6. The van der Waals surface area contributed by atoms with E-state index in [2.05, 4.69) is 38.1 Å². The van der Waals surface area contributed by atoms with Gasteiger partial charge in [-0.25, -0.2) is 13.8 Å². The van der Waals surface area contributed by atoms with Crippen molar-refractivity contribution in [2.75, 3.05) is 125 Å². The molecule has 34 nitrogen and oxygen atoms in total. The highest BCUT2D eigenvalue weighted by Crippen LogP contribution is 2.43. The lowest BCUT2D eigenvalue weighted by Crippen LogP contribution is -2.63. The molecule has 7 N–H and O–H groups in total. The summed E-state index contributed by atoms with van der Waals surface area (Å²) >= 11 is 6.67. The number of nitrogens with zero attached hydrogens (tertiary/aromatic N) is 13. The maximum absolute atomic E-state index is 16.9. The molecule has 0 radical (unpaired) electrons. The second kappa shape index (κ2) is 47.1. The molecule has 3 saturated heterocycles. The van der Waals surface area contributed by atoms with Crippen molar-refractivity contribution in [2.24, 2.45) is 41.4 Å². The fourth-order valence-electron chi connectivity index (χ4n) is 16.5. The summed E-state index contributed by atoms with van der Waals surface area (Å²) in [6.45, 7) is 32.2. The summed E-state index contributed by atoms with van der Waals surface area (Å²) in [4.78, 5) is 228. The monoisotopic (exact) mass is 1800 g/mol. The van der Waals surface area contributed by atoms with Gasteiger partial charge in [-0.05, 0) is 124 Å². The van der Waals surface area contributed by atoms with E-state index in [9.17, 15) is 58.2 Å². The minimum Gasteiger partial charge on any atom is -0.507 e. The molecule has 3 aliphatic rings. The Labute approximate surface area is 751 Å². The number of piperazine rings is 2. The highest BCUT2D eigenvalue weighted by Gasteiger charge is 2.47. The number of amides is 14. The van der Waals surface area contributed by atoms with Crippen LogP contribution in [0.25, 0.3) is 22.0 Å². The molecule has 0 bridgehead atoms. The van der Waals surface area contributed by atoms with Crippen LogP contribution in [-0.4, -0.2) is 333 Å². The van der Waals surface area contributed by atoms with E-state index in [4.69, 9.17) is 16.6 Å². The van der Waals surface area contributed by atoms with Crippen LogP contribution >= 0.6 is 11.6 Å². The number of fused-ring (bicyclic) bond motifs is 1. The molecule has 3 aliphatic heterocycles. The van der Waals surface area contributed by atoms with Crippen molar-refractivity contribution in [3.63, 3.8) is 0 Å². The summed E-state index contributed by atoms with van der Waals surface area (Å²) < 4.78 is 32.2. The molecule has 2 aromatic carbocycles. The van der Waals surface area contributed by atoms with E-state index in [1.807, 2.05) is 60.3 Å². The van der Waals surface area contributed by atoms with Gasteiger partial charge in [0.25, 0.3) is 0 Å². The molecule has 3 aromatic rings. The molecule has 706 valence electrons. The predicted molar refractivity (Wildman–Crippen MR) is 480 cm³/mol. The first-order valence-corrected chi connectivity index (χ1v) is 44.7. The third kappa shape index (κ3) is 26.9. The van der Waals surface area contributed by atoms with Crippen LogP contribution in [0.15, 0.2) is 36.9 Å². The molecule has 4 heterocycles. The van der Waals surface area contributed by atoms with E-state index in [0.717, 1.165) is 15.9 Å². The van der Waals surface area contributed by atoms with Crippen molar-refractivity contribution in [3.05, 3.63) is 53.6 Å². The minimum atomic E-state index is -1.81. The summed E-state index contributed by atoms with van der Waals surface area (Å²) in [5.74, 6) is -14.4. The van der Waals surface area contributed by atoms with Gasteiger partial charge in [-0.1, -0.05) is 121 Å². The quantitative estimate of drug-likeness (QED) is 0.0526. The minimum absolute atomic E-state index is 0.0336. The summed E-state index contributed by atoms with van der Waals surface area (Å²) in [5.41, 5.74) is -1.16. The van der Waals surface area contributed by atoms with Crippen molar-refractivity contribution in [1.82, 2.24) is 80.2 Å². The van der Waals surface area contributed by atoms with Gasteiger partial charge >= 0.3 is 0 Å². The van der Waals surface area contributed by atoms with Crippen molar-refractivity contribution in [3.8, 4) is 16.9 Å². The van der Waals surface area contributed by atoms with Gasteiger partial charge in [0.05, 0.1) is 23.2 Å². The van der Waals surface area contributed by atoms with Crippen LogP contribution in [-0.2, 0) is 67.1 Å². The number of phenols is 1. The zero-order valence-corrected chi connectivity index (χ0v) is 79.2. The molecule has 0 spiro atoms. The number of nitrogens with one attached hydrogen (secondary N) is 5. The third-order valence-electron chi connectivity index (χ3n) is 24.2. The predicted octanol–water partition coefficient (Wildman–Crippen LogP) is 5.73. The largest absolute Gasteiger partial charge is 0.507 e. The van der Waals surface area contributed by atoms with E-state index in [-0.39, 0.29) is 186 Å². The molecule has 0 unspecified atom stereocenters. The van der Waals surface area contributed by atoms with Gasteiger partial charge in [-0.15, -0.1) is 0 Å². The number of aromatic nitrogens is 2. The van der Waals surface area contributed by atoms with Crippen molar-refractivity contribution in [1.29, 1.82) is 0 Å². The number of aromatic hydroxyl groups is 1. The Morgan fingerprint density at radius 1 is 0.559 bits per heavy atom. The molecular weight excluding hydrogens is 1660 g/mol. The van der Waals surface area contributed by atoms with Gasteiger partial charge in [-0.3, -0.25) is 67.1 Å². The Balaban J connectivity index is 1.28. The average Bonchev–Trinajstić information content (AvgIpc) is 0.746. The lowest BCUT2D eigenvalue weighted by atomic mass is 9.90. The zero-order valence-electron chi connectivity index (χ0n) is 78.5. The van der Waals surface area contributed by atoms with Crippen molar-refractivity contribution >= 4 is 117 Å². The number of aliphatic hydroxyl groups excluding tert-OH is 1. The fourth-order valence-corrected chi connectivity index (χ4v) is 16.8. The van der Waals surface area contributed by atoms with Gasteiger partial charge < -0.3 is 90.7 Å². The average molecular weight is 1800 g/mol. The number of rotatable bonds is 24. The van der Waals surface area contributed by atoms with Gasteiger partial charge in [0.1, 0.15) is 83.3 Å². The fraction of sp³-hybridized carbons (Fsp3) is 0.667. The summed E-state index contributed by atoms with van der Waals surface area (Å²) in [5, 5.41) is 37.4. The van der Waals surface area contributed by atoms with Crippen molar-refractivity contribution in [2.45, 2.75) is 235 Å². The number of phenolic OH excluding ortho intramolecular Hbond substituents is 1. The first-order valence-electron chi connectivity index (χ1n) is 44.3. The Morgan fingerprint density at radius 2 is 1.05 bits per heavy atom. The van der Waals surface area contributed by atoms with E-state index in [1.165, 1.54) is 112 Å². The molecule has 12 atom stereocenters. The smallest absolute Gasteiger partial charge is 0.246 e. The first kappa shape index (κ1) is 105. The Kier molecular flexibility index (Phi) is 39.1. The maximum Gasteiger partial charge on any atom is 0.246 e. The Bertz CT molecular complexity index is 4420. The number of hydrogen-bond donors (Lipinski definition) is 7. The Hall–Kier alpha value is -10.4. The van der Waals surface area contributed by atoms with Crippen LogP contribution in [0.4, 0.5) is 20.5 Å². The van der Waals surface area contributed by atoms with Gasteiger partial charge in [0.15, 0.2) is 5.82 Å². The number of likely N-dealkylation sites (N-methyl/N-ethyl adjacent to an activating group) is 7. The summed E-state index contributed by atoms with van der Waals surface area (Å²) in [6, 6.07) is -8.40. The van der Waals surface area contributed by atoms with E-state index >= 15 is 28.0 Å². The summed E-state index contributed by atoms with van der Waals surface area (Å²) in [6.07, 6.45) is -0.122. The van der Waals surface area contributed by atoms with Crippen LogP contribution in [0.1, 0.15) is 169 Å². The number of anilines is 2. The van der Waals surface area contributed by atoms with Crippen LogP contribution in [0, 0.1) is 53.1 Å². The number of carbonyl (C=O) groups is 14. The molecule has 0 aliphatic carbocycles. The topological polar surface area (TPSA) is 401 Å². The van der Waals surface area contributed by atoms with Crippen LogP contribution in [0.2, 0.25) is 5.02 Å². The van der Waals surface area contributed by atoms with E-state index < -0.39 is 184 Å². The van der Waals surface area contributed by atoms with Crippen LogP contribution in [0.5, 0.6) is 5.75 Å². The highest BCUT2D eigenvalue weighted by atomic mass is 35.5. The van der Waals surface area contributed by atoms with E-state index in [1.54, 1.807) is 56.2 Å². The molecule has 1 aromatic heterocycles. The molecule has 14 amide bonds. The molecule has 3 fully saturated rings. The van der Waals surface area contributed by atoms with Crippen molar-refractivity contribution < 1.29 is 86.1 Å². The lowest BCUT2D eigenvalue weighted by Gasteiger charge is -2.41. The molecule has 37 heteroatoms. The standard InChI is InChI=1S/C90H139ClF2N18O16/c1-25-61-85(123)101(18)48-70(116)102(19)62(43-49(3)4)82(120)98-74(53(11)12)88(126)103(20)63(44-50(5)6)81(119)95-56(16)80(118)96-57(17)84(122)104(21)64(45-51(7)8)86(124)105(22)65(46-52(9)10)87(125)106(23)76(54(13)14)89(127)107(24)77(83(121)97-61)78(117)55(15)29-27-32-68(114)109-35-37-110(38-36-109)69(115)33-34-94-90-99-75-58(79(100-90)111-41-39-108(40-42-111)67(113)26-2)47-59(91)71(73(75)93)72-60(92)30-28-31-66(72)112/h26,28,30-31,47,49-57,61-65,74,76-78,112,117H,2,25,27,29,32-46,48H2,1,3-24H3,(H,95,119)(H,96,118)(H,97,121)(H,98,120)(H,94,99,100)/t55-,56+,57-,61+,62+,63+,64+,65+,74+,76+,77+,78-/m1/s1. The number of aliphatic hydroxyl groups is 1. The van der Waals surface area contributed by atoms with Gasteiger partial charge in [-0.2, -0.15) is 4.98 Å². The molecule has 6 rings (SSSR count). The number of halogens is 3. The molecule has 127 heavy (non-hydrogen) atoms. The molecular formula is C90H139ClF2N18O16. The summed E-state index contributed by atoms with van der Waals surface area (Å²) in [7, 11) is 9.63. The number of hydrogen-bond acceptors (Lipinski definition) is 20. The van der Waals surface area contributed by atoms with Gasteiger partial charge in [0.2, 0.25) is 88.6 Å². The SMILES string of the molecule is C=CC(=O)N1CCN(c2nc(NCCC(=O)N3CCN(C(=O)CCC[C@@H](C)[C@@H](O)[C@H]4C(=O)N[C@@H](CC)C(=O)N(C)CC(=O)N(C)[C@@H](CC(C)C)C(=O)N[C@@H](C(C)C)C(=O)N(C)[C@@H](CC(C)C)C(=O)N[C@@H](C)C(=O)N[C@H](C)C(=O)N(C)[C@@H](CC(C)C)C(=O)N(C)[C@@H](CC(C)C)C(=O)N(C)[C@@H](C(C)C)C(=O)N4C)CC3)nc3c(F)c(-c4c(O)cccc4F)c(Cl)cc23)CC1. The zero-order chi connectivity index (χ0) is 95.5. The second-order valence-corrected chi connectivity index (χ2v) is 37.0. The molecule has 0 saturated carbocycles.